The summed E-state index contributed by atoms with van der Waals surface area (Å²) in [6.45, 7) is 4.53. The normalized spacial score (nSPS) is 18.6. The summed E-state index contributed by atoms with van der Waals surface area (Å²) in [6, 6.07) is 0. The third-order valence-electron chi connectivity index (χ3n) is 4.38. The zero-order valence-corrected chi connectivity index (χ0v) is 13.2. The SMILES string of the molecule is O=C(c1cnc(CN2CCCC2)s1)N1CCc2nc[nH]c2C1. The van der Waals surface area contributed by atoms with Gasteiger partial charge in [-0.1, -0.05) is 0 Å². The van der Waals surface area contributed by atoms with E-state index in [0.29, 0.717) is 6.54 Å². The largest absolute Gasteiger partial charge is 0.347 e. The number of likely N-dealkylation sites (tertiary alicyclic amines) is 1. The molecule has 22 heavy (non-hydrogen) atoms. The standard InChI is InChI=1S/C15H19N5OS/c21-15(20-6-3-11-12(8-20)18-10-17-11)13-7-16-14(22-13)9-19-4-1-2-5-19/h7,10H,1-6,8-9H2,(H,17,18). The molecule has 0 atom stereocenters. The smallest absolute Gasteiger partial charge is 0.265 e. The number of thiazole rings is 1. The number of aromatic nitrogens is 3. The number of nitrogens with one attached hydrogen (secondary N) is 1. The fourth-order valence-corrected chi connectivity index (χ4v) is 4.08. The Bertz CT molecular complexity index is 673. The van der Waals surface area contributed by atoms with Gasteiger partial charge in [-0.25, -0.2) is 9.97 Å². The molecule has 1 amide bonds. The molecule has 0 saturated carbocycles. The Labute approximate surface area is 133 Å². The Kier molecular flexibility index (Phi) is 3.67. The van der Waals surface area contributed by atoms with E-state index in [1.165, 1.54) is 24.2 Å². The van der Waals surface area contributed by atoms with Crippen LogP contribution in [0.15, 0.2) is 12.5 Å². The molecule has 2 aliphatic rings. The Morgan fingerprint density at radius 2 is 2.14 bits per heavy atom. The highest BCUT2D eigenvalue weighted by molar-refractivity contribution is 7.13. The summed E-state index contributed by atoms with van der Waals surface area (Å²) in [6.07, 6.45) is 6.82. The third kappa shape index (κ3) is 2.66. The number of carbonyl (C=O) groups excluding carboxylic acids is 1. The Balaban J connectivity index is 1.43. The predicted molar refractivity (Wildman–Crippen MR) is 83.7 cm³/mol. The van der Waals surface area contributed by atoms with Gasteiger partial charge in [0.25, 0.3) is 5.91 Å². The number of imidazole rings is 1. The second-order valence-electron chi connectivity index (χ2n) is 5.91. The molecule has 1 N–H and O–H groups in total. The van der Waals surface area contributed by atoms with Gasteiger partial charge in [0, 0.05) is 13.0 Å². The molecule has 1 fully saturated rings. The molecule has 0 spiro atoms. The maximum Gasteiger partial charge on any atom is 0.265 e. The average molecular weight is 317 g/mol. The number of rotatable bonds is 3. The maximum atomic E-state index is 12.6. The molecular weight excluding hydrogens is 298 g/mol. The van der Waals surface area contributed by atoms with Crippen molar-refractivity contribution in [2.45, 2.75) is 32.4 Å². The second kappa shape index (κ2) is 5.81. The lowest BCUT2D eigenvalue weighted by atomic mass is 10.1. The van der Waals surface area contributed by atoms with E-state index in [2.05, 4.69) is 19.9 Å². The van der Waals surface area contributed by atoms with Gasteiger partial charge in [0.2, 0.25) is 0 Å². The van der Waals surface area contributed by atoms with Crippen molar-refractivity contribution in [3.8, 4) is 0 Å². The molecule has 6 nitrogen and oxygen atoms in total. The van der Waals surface area contributed by atoms with E-state index < -0.39 is 0 Å². The first kappa shape index (κ1) is 13.9. The van der Waals surface area contributed by atoms with Crippen molar-refractivity contribution in [1.29, 1.82) is 0 Å². The van der Waals surface area contributed by atoms with E-state index in [1.54, 1.807) is 12.5 Å². The van der Waals surface area contributed by atoms with Crippen molar-refractivity contribution in [3.05, 3.63) is 33.8 Å². The molecule has 116 valence electrons. The first-order valence-corrected chi connectivity index (χ1v) is 8.59. The first-order valence-electron chi connectivity index (χ1n) is 7.77. The van der Waals surface area contributed by atoms with Crippen LogP contribution in [0.1, 0.15) is 38.9 Å². The number of aromatic amines is 1. The number of amides is 1. The van der Waals surface area contributed by atoms with Gasteiger partial charge in [-0.15, -0.1) is 11.3 Å². The van der Waals surface area contributed by atoms with E-state index in [1.807, 2.05) is 4.90 Å². The molecule has 4 heterocycles. The fraction of sp³-hybridized carbons (Fsp3) is 0.533. The Morgan fingerprint density at radius 1 is 1.27 bits per heavy atom. The minimum absolute atomic E-state index is 0.0884. The number of hydrogen-bond acceptors (Lipinski definition) is 5. The molecule has 0 aromatic carbocycles. The first-order chi connectivity index (χ1) is 10.8. The highest BCUT2D eigenvalue weighted by Crippen LogP contribution is 2.22. The van der Waals surface area contributed by atoms with Gasteiger partial charge in [-0.2, -0.15) is 0 Å². The van der Waals surface area contributed by atoms with Crippen molar-refractivity contribution >= 4 is 17.2 Å². The molecule has 2 aromatic heterocycles. The highest BCUT2D eigenvalue weighted by Gasteiger charge is 2.25. The van der Waals surface area contributed by atoms with E-state index in [-0.39, 0.29) is 5.91 Å². The monoisotopic (exact) mass is 317 g/mol. The summed E-state index contributed by atoms with van der Waals surface area (Å²) in [5.41, 5.74) is 2.14. The van der Waals surface area contributed by atoms with E-state index in [9.17, 15) is 4.79 Å². The number of fused-ring (bicyclic) bond motifs is 1. The third-order valence-corrected chi connectivity index (χ3v) is 5.35. The van der Waals surface area contributed by atoms with Crippen LogP contribution in [0.2, 0.25) is 0 Å². The summed E-state index contributed by atoms with van der Waals surface area (Å²) in [5.74, 6) is 0.0884. The molecular formula is C15H19N5OS. The van der Waals surface area contributed by atoms with Crippen molar-refractivity contribution in [3.63, 3.8) is 0 Å². The molecule has 2 aliphatic heterocycles. The van der Waals surface area contributed by atoms with E-state index in [4.69, 9.17) is 0 Å². The molecule has 1 saturated heterocycles. The van der Waals surface area contributed by atoms with E-state index in [0.717, 1.165) is 53.9 Å². The number of carbonyl (C=O) groups is 1. The Hall–Kier alpha value is -1.73. The maximum absolute atomic E-state index is 12.6. The fourth-order valence-electron chi connectivity index (χ4n) is 3.16. The van der Waals surface area contributed by atoms with Gasteiger partial charge < -0.3 is 9.88 Å². The molecule has 0 aliphatic carbocycles. The lowest BCUT2D eigenvalue weighted by molar-refractivity contribution is 0.0736. The Morgan fingerprint density at radius 3 is 3.00 bits per heavy atom. The lowest BCUT2D eigenvalue weighted by Crippen LogP contribution is -2.35. The van der Waals surface area contributed by atoms with E-state index >= 15 is 0 Å². The van der Waals surface area contributed by atoms with Crippen LogP contribution < -0.4 is 0 Å². The van der Waals surface area contributed by atoms with Crippen molar-refractivity contribution in [2.75, 3.05) is 19.6 Å². The molecule has 0 unspecified atom stereocenters. The van der Waals surface area contributed by atoms with Crippen LogP contribution in [-0.2, 0) is 19.5 Å². The average Bonchev–Trinajstić information content (AvgIpc) is 3.27. The number of nitrogens with zero attached hydrogens (tertiary/aromatic N) is 4. The number of H-pyrrole nitrogens is 1. The minimum atomic E-state index is 0.0884. The van der Waals surface area contributed by atoms with Gasteiger partial charge in [0.1, 0.15) is 9.88 Å². The molecule has 4 rings (SSSR count). The van der Waals surface area contributed by atoms with Gasteiger partial charge in [0.15, 0.2) is 0 Å². The van der Waals surface area contributed by atoms with Crippen molar-refractivity contribution in [2.24, 2.45) is 0 Å². The van der Waals surface area contributed by atoms with Crippen molar-refractivity contribution < 1.29 is 4.79 Å². The summed E-state index contributed by atoms with van der Waals surface area (Å²) < 4.78 is 0. The summed E-state index contributed by atoms with van der Waals surface area (Å²) in [7, 11) is 0. The molecule has 7 heteroatoms. The van der Waals surface area contributed by atoms with Crippen LogP contribution in [-0.4, -0.2) is 50.3 Å². The zero-order chi connectivity index (χ0) is 14.9. The lowest BCUT2D eigenvalue weighted by Gasteiger charge is -2.25. The zero-order valence-electron chi connectivity index (χ0n) is 12.4. The van der Waals surface area contributed by atoms with Crippen LogP contribution in [0, 0.1) is 0 Å². The van der Waals surface area contributed by atoms with Crippen LogP contribution in [0.3, 0.4) is 0 Å². The van der Waals surface area contributed by atoms with Crippen LogP contribution in [0.4, 0.5) is 0 Å². The molecule has 2 aromatic rings. The van der Waals surface area contributed by atoms with Crippen LogP contribution >= 0.6 is 11.3 Å². The second-order valence-corrected chi connectivity index (χ2v) is 7.02. The quantitative estimate of drug-likeness (QED) is 0.935. The van der Waals surface area contributed by atoms with Gasteiger partial charge >= 0.3 is 0 Å². The van der Waals surface area contributed by atoms with Gasteiger partial charge in [0.05, 0.1) is 37.0 Å². The van der Waals surface area contributed by atoms with Crippen LogP contribution in [0.25, 0.3) is 0 Å². The molecule has 0 radical (unpaired) electrons. The predicted octanol–water partition coefficient (Wildman–Crippen LogP) is 1.66. The highest BCUT2D eigenvalue weighted by atomic mass is 32.1. The topological polar surface area (TPSA) is 65.1 Å². The molecule has 0 bridgehead atoms. The summed E-state index contributed by atoms with van der Waals surface area (Å²) in [5, 5.41) is 1.05. The summed E-state index contributed by atoms with van der Waals surface area (Å²) in [4.78, 5) is 29.5. The summed E-state index contributed by atoms with van der Waals surface area (Å²) >= 11 is 1.54. The van der Waals surface area contributed by atoms with Gasteiger partial charge in [-0.05, 0) is 25.9 Å². The van der Waals surface area contributed by atoms with Gasteiger partial charge in [-0.3, -0.25) is 9.69 Å². The minimum Gasteiger partial charge on any atom is -0.347 e. The number of hydrogen-bond donors (Lipinski definition) is 1. The van der Waals surface area contributed by atoms with Crippen molar-refractivity contribution in [1.82, 2.24) is 24.8 Å². The van der Waals surface area contributed by atoms with Crippen LogP contribution in [0.5, 0.6) is 0 Å².